The molecule has 1 aromatic heterocycles. The number of aliphatic hydroxyl groups excluding tert-OH is 1. The van der Waals surface area contributed by atoms with Gasteiger partial charge in [0.05, 0.1) is 25.5 Å². The predicted molar refractivity (Wildman–Crippen MR) is 124 cm³/mol. The molecule has 0 unspecified atom stereocenters. The number of nitrogens with zero attached hydrogens (tertiary/aromatic N) is 4. The maximum absolute atomic E-state index is 12.4. The van der Waals surface area contributed by atoms with Crippen LogP contribution >= 0.6 is 0 Å². The summed E-state index contributed by atoms with van der Waals surface area (Å²) in [5.41, 5.74) is 3.33. The molecule has 2 aliphatic heterocycles. The van der Waals surface area contributed by atoms with Gasteiger partial charge in [-0.25, -0.2) is 14.8 Å². The fourth-order valence-corrected chi connectivity index (χ4v) is 4.07. The highest BCUT2D eigenvalue weighted by Gasteiger charge is 2.29. The maximum Gasteiger partial charge on any atom is 0.319 e. The Labute approximate surface area is 193 Å². The summed E-state index contributed by atoms with van der Waals surface area (Å²) in [5.74, 6) is 1.15. The van der Waals surface area contributed by atoms with Crippen molar-refractivity contribution in [2.75, 3.05) is 49.6 Å². The van der Waals surface area contributed by atoms with Crippen LogP contribution in [0.1, 0.15) is 25.1 Å². The Kier molecular flexibility index (Phi) is 7.05. The molecule has 4 rings (SSSR count). The molecule has 10 nitrogen and oxygen atoms in total. The Morgan fingerprint density at radius 2 is 1.88 bits per heavy atom. The number of urea groups is 1. The summed E-state index contributed by atoms with van der Waals surface area (Å²) in [6, 6.07) is 7.10. The molecule has 3 heterocycles. The Morgan fingerprint density at radius 1 is 1.15 bits per heavy atom. The number of hydrogen-bond acceptors (Lipinski definition) is 7. The van der Waals surface area contributed by atoms with Crippen molar-refractivity contribution in [2.45, 2.75) is 32.9 Å². The van der Waals surface area contributed by atoms with E-state index in [-0.39, 0.29) is 11.9 Å². The first kappa shape index (κ1) is 22.9. The van der Waals surface area contributed by atoms with Crippen molar-refractivity contribution >= 4 is 23.4 Å². The van der Waals surface area contributed by atoms with Gasteiger partial charge in [0.2, 0.25) is 0 Å². The van der Waals surface area contributed by atoms with Gasteiger partial charge in [-0.15, -0.1) is 0 Å². The van der Waals surface area contributed by atoms with Crippen molar-refractivity contribution in [1.82, 2.24) is 20.2 Å². The molecule has 3 N–H and O–H groups in total. The van der Waals surface area contributed by atoms with Gasteiger partial charge in [0.15, 0.2) is 5.82 Å². The van der Waals surface area contributed by atoms with E-state index < -0.39 is 6.10 Å². The van der Waals surface area contributed by atoms with Gasteiger partial charge in [-0.3, -0.25) is 4.79 Å². The van der Waals surface area contributed by atoms with Crippen LogP contribution in [0.25, 0.3) is 11.4 Å². The Balaban J connectivity index is 1.66. The van der Waals surface area contributed by atoms with E-state index in [4.69, 9.17) is 14.7 Å². The number of anilines is 2. The number of nitrogens with one attached hydrogen (secondary N) is 2. The standard InChI is InChI=1S/C23H30N6O4/c1-3-24-23(32)25-17-6-4-16(5-7-17)20-26-19-14-29(22(31)15(2)30)9-8-18(19)21(27-20)28-10-12-33-13-11-28/h4-7,15,30H,3,8-14H2,1-2H3,(H2,24,25,32)/t15-/m0/s1. The lowest BCUT2D eigenvalue weighted by molar-refractivity contribution is -0.140. The van der Waals surface area contributed by atoms with E-state index >= 15 is 0 Å². The van der Waals surface area contributed by atoms with Crippen LogP contribution in [0.3, 0.4) is 0 Å². The molecule has 1 saturated heterocycles. The predicted octanol–water partition coefficient (Wildman–Crippen LogP) is 1.39. The van der Waals surface area contributed by atoms with Gasteiger partial charge < -0.3 is 30.3 Å². The van der Waals surface area contributed by atoms with Crippen LogP contribution in [-0.4, -0.2) is 77.4 Å². The second kappa shape index (κ2) is 10.1. The van der Waals surface area contributed by atoms with Gasteiger partial charge in [-0.05, 0) is 44.5 Å². The van der Waals surface area contributed by atoms with Crippen LogP contribution < -0.4 is 15.5 Å². The normalized spacial score (nSPS) is 16.7. The summed E-state index contributed by atoms with van der Waals surface area (Å²) < 4.78 is 5.51. The minimum absolute atomic E-state index is 0.257. The van der Waals surface area contributed by atoms with Gasteiger partial charge in [-0.1, -0.05) is 0 Å². The largest absolute Gasteiger partial charge is 0.384 e. The number of hydrogen-bond donors (Lipinski definition) is 3. The third kappa shape index (κ3) is 5.23. The van der Waals surface area contributed by atoms with Crippen molar-refractivity contribution in [3.05, 3.63) is 35.5 Å². The molecule has 1 aromatic carbocycles. The molecule has 0 aliphatic carbocycles. The smallest absolute Gasteiger partial charge is 0.319 e. The van der Waals surface area contributed by atoms with Gasteiger partial charge in [0, 0.05) is 43.0 Å². The van der Waals surface area contributed by atoms with Crippen LogP contribution in [0.2, 0.25) is 0 Å². The van der Waals surface area contributed by atoms with Crippen molar-refractivity contribution in [3.63, 3.8) is 0 Å². The van der Waals surface area contributed by atoms with Gasteiger partial charge >= 0.3 is 6.03 Å². The zero-order valence-electron chi connectivity index (χ0n) is 19.0. The van der Waals surface area contributed by atoms with E-state index in [9.17, 15) is 14.7 Å². The summed E-state index contributed by atoms with van der Waals surface area (Å²) in [5, 5.41) is 15.2. The average Bonchev–Trinajstić information content (AvgIpc) is 2.83. The average molecular weight is 455 g/mol. The minimum atomic E-state index is -1.04. The number of carbonyl (C=O) groups is 2. The third-order valence-corrected chi connectivity index (χ3v) is 5.76. The molecule has 176 valence electrons. The third-order valence-electron chi connectivity index (χ3n) is 5.76. The van der Waals surface area contributed by atoms with Crippen molar-refractivity contribution in [1.29, 1.82) is 0 Å². The molecule has 10 heteroatoms. The highest BCUT2D eigenvalue weighted by Crippen LogP contribution is 2.30. The molecule has 0 saturated carbocycles. The van der Waals surface area contributed by atoms with Crippen LogP contribution in [-0.2, 0) is 22.5 Å². The number of ether oxygens (including phenoxy) is 1. The van der Waals surface area contributed by atoms with Gasteiger partial charge in [0.1, 0.15) is 11.9 Å². The summed E-state index contributed by atoms with van der Waals surface area (Å²) in [6.45, 7) is 7.52. The molecule has 1 atom stereocenters. The highest BCUT2D eigenvalue weighted by atomic mass is 16.5. The lowest BCUT2D eigenvalue weighted by Gasteiger charge is -2.34. The van der Waals surface area contributed by atoms with E-state index in [1.54, 1.807) is 4.90 Å². The molecular formula is C23H30N6O4. The number of aliphatic hydroxyl groups is 1. The molecule has 3 amide bonds. The Morgan fingerprint density at radius 3 is 2.55 bits per heavy atom. The van der Waals surface area contributed by atoms with E-state index in [1.807, 2.05) is 31.2 Å². The summed E-state index contributed by atoms with van der Waals surface area (Å²) in [7, 11) is 0. The molecular weight excluding hydrogens is 424 g/mol. The molecule has 1 fully saturated rings. The van der Waals surface area contributed by atoms with Crippen LogP contribution in [0, 0.1) is 0 Å². The Bertz CT molecular complexity index is 1000. The van der Waals surface area contributed by atoms with Crippen LogP contribution in [0.15, 0.2) is 24.3 Å². The van der Waals surface area contributed by atoms with Gasteiger partial charge in [0.25, 0.3) is 5.91 Å². The second-order valence-electron chi connectivity index (χ2n) is 8.14. The zero-order valence-corrected chi connectivity index (χ0v) is 19.0. The number of carbonyl (C=O) groups excluding carboxylic acids is 2. The monoisotopic (exact) mass is 454 g/mol. The highest BCUT2D eigenvalue weighted by molar-refractivity contribution is 5.89. The van der Waals surface area contributed by atoms with E-state index in [1.165, 1.54) is 6.92 Å². The summed E-state index contributed by atoms with van der Waals surface area (Å²) in [6.07, 6.45) is -0.410. The first-order valence-electron chi connectivity index (χ1n) is 11.3. The SMILES string of the molecule is CCNC(=O)Nc1ccc(-c2nc3c(c(N4CCOCC4)n2)CCN(C(=O)[C@H](C)O)C3)cc1. The molecule has 2 aromatic rings. The second-order valence-corrected chi connectivity index (χ2v) is 8.14. The fourth-order valence-electron chi connectivity index (χ4n) is 4.07. The molecule has 2 aliphatic rings. The number of fused-ring (bicyclic) bond motifs is 1. The quantitative estimate of drug-likeness (QED) is 0.624. The van der Waals surface area contributed by atoms with E-state index in [2.05, 4.69) is 15.5 Å². The topological polar surface area (TPSA) is 120 Å². The lowest BCUT2D eigenvalue weighted by Crippen LogP contribution is -2.43. The molecule has 33 heavy (non-hydrogen) atoms. The number of rotatable bonds is 5. The van der Waals surface area contributed by atoms with E-state index in [0.717, 1.165) is 35.7 Å². The van der Waals surface area contributed by atoms with E-state index in [0.29, 0.717) is 50.8 Å². The fraction of sp³-hybridized carbons (Fsp3) is 0.478. The maximum atomic E-state index is 12.4. The van der Waals surface area contributed by atoms with Crippen LogP contribution in [0.4, 0.5) is 16.3 Å². The lowest BCUT2D eigenvalue weighted by atomic mass is 10.0. The van der Waals surface area contributed by atoms with Crippen molar-refractivity contribution in [2.24, 2.45) is 0 Å². The van der Waals surface area contributed by atoms with Gasteiger partial charge in [-0.2, -0.15) is 0 Å². The minimum Gasteiger partial charge on any atom is -0.384 e. The number of benzene rings is 1. The van der Waals surface area contributed by atoms with Crippen molar-refractivity contribution < 1.29 is 19.4 Å². The summed E-state index contributed by atoms with van der Waals surface area (Å²) >= 11 is 0. The number of amides is 3. The molecule has 0 bridgehead atoms. The first-order valence-corrected chi connectivity index (χ1v) is 11.3. The number of aromatic nitrogens is 2. The number of morpholine rings is 1. The van der Waals surface area contributed by atoms with Crippen molar-refractivity contribution in [3.8, 4) is 11.4 Å². The molecule has 0 spiro atoms. The summed E-state index contributed by atoms with van der Waals surface area (Å²) in [4.78, 5) is 37.7. The Hall–Kier alpha value is -3.24. The van der Waals surface area contributed by atoms with Crippen LogP contribution in [0.5, 0.6) is 0 Å². The first-order chi connectivity index (χ1) is 16.0. The molecule has 0 radical (unpaired) electrons. The zero-order chi connectivity index (χ0) is 23.4.